The van der Waals surface area contributed by atoms with Gasteiger partial charge in [0.25, 0.3) is 0 Å². The molecule has 1 saturated heterocycles. The minimum atomic E-state index is -4.59. The van der Waals surface area contributed by atoms with Gasteiger partial charge in [-0.05, 0) is 24.6 Å². The van der Waals surface area contributed by atoms with Gasteiger partial charge in [-0.15, -0.1) is 0 Å². The smallest absolute Gasteiger partial charge is 0.421 e. The Bertz CT molecular complexity index is 452. The van der Waals surface area contributed by atoms with Gasteiger partial charge in [-0.1, -0.05) is 6.92 Å². The van der Waals surface area contributed by atoms with Crippen molar-refractivity contribution in [3.8, 4) is 5.75 Å². The molecule has 1 unspecified atom stereocenters. The number of benzene rings is 1. The van der Waals surface area contributed by atoms with E-state index >= 15 is 0 Å². The molecule has 1 aromatic carbocycles. The molecule has 1 heterocycles. The molecule has 1 aromatic rings. The van der Waals surface area contributed by atoms with Crippen LogP contribution in [-0.2, 0) is 10.3 Å². The second kappa shape index (κ2) is 5.00. The third kappa shape index (κ3) is 2.41. The number of hydrogen-bond donors (Lipinski definition) is 0. The van der Waals surface area contributed by atoms with E-state index in [1.54, 1.807) is 0 Å². The largest absolute Gasteiger partial charge is 0.493 e. The molecule has 1 atom stereocenters. The lowest BCUT2D eigenvalue weighted by atomic mass is 9.85. The van der Waals surface area contributed by atoms with Gasteiger partial charge in [0.15, 0.2) is 5.60 Å². The van der Waals surface area contributed by atoms with Gasteiger partial charge in [0.1, 0.15) is 11.6 Å². The first-order valence-electron chi connectivity index (χ1n) is 6.04. The molecular weight excluding hydrogens is 264 g/mol. The third-order valence-electron chi connectivity index (χ3n) is 3.10. The van der Waals surface area contributed by atoms with Crippen molar-refractivity contribution < 1.29 is 27.0 Å². The van der Waals surface area contributed by atoms with Gasteiger partial charge in [0.2, 0.25) is 0 Å². The zero-order chi connectivity index (χ0) is 14.1. The first kappa shape index (κ1) is 14.1. The van der Waals surface area contributed by atoms with Crippen molar-refractivity contribution in [2.24, 2.45) is 0 Å². The van der Waals surface area contributed by atoms with E-state index in [-0.39, 0.29) is 30.9 Å². The summed E-state index contributed by atoms with van der Waals surface area (Å²) in [5, 5.41) is 0. The molecule has 0 radical (unpaired) electrons. The van der Waals surface area contributed by atoms with Crippen molar-refractivity contribution in [1.82, 2.24) is 0 Å². The van der Waals surface area contributed by atoms with Crippen molar-refractivity contribution >= 4 is 0 Å². The summed E-state index contributed by atoms with van der Waals surface area (Å²) in [6.45, 7) is 2.11. The maximum Gasteiger partial charge on any atom is 0.421 e. The van der Waals surface area contributed by atoms with Crippen molar-refractivity contribution in [2.75, 3.05) is 13.2 Å². The van der Waals surface area contributed by atoms with E-state index in [1.807, 2.05) is 6.92 Å². The highest BCUT2D eigenvalue weighted by Crippen LogP contribution is 2.52. The number of halogens is 4. The van der Waals surface area contributed by atoms with Crippen LogP contribution in [0.2, 0.25) is 0 Å². The molecule has 0 amide bonds. The van der Waals surface area contributed by atoms with Crippen LogP contribution in [0.15, 0.2) is 18.2 Å². The summed E-state index contributed by atoms with van der Waals surface area (Å²) in [6.07, 6.45) is -4.16. The first-order valence-corrected chi connectivity index (χ1v) is 6.04. The van der Waals surface area contributed by atoms with E-state index in [0.29, 0.717) is 6.42 Å². The lowest BCUT2D eigenvalue weighted by molar-refractivity contribution is -0.334. The Balaban J connectivity index is 2.44. The summed E-state index contributed by atoms with van der Waals surface area (Å²) in [5.41, 5.74) is -2.71. The molecule has 1 aliphatic heterocycles. The van der Waals surface area contributed by atoms with E-state index in [4.69, 9.17) is 9.47 Å². The van der Waals surface area contributed by atoms with Gasteiger partial charge in [-0.25, -0.2) is 4.39 Å². The number of hydrogen-bond acceptors (Lipinski definition) is 2. The van der Waals surface area contributed by atoms with Crippen LogP contribution < -0.4 is 4.74 Å². The number of ether oxygens (including phenoxy) is 2. The second-order valence-electron chi connectivity index (χ2n) is 4.41. The van der Waals surface area contributed by atoms with Crippen LogP contribution in [0, 0.1) is 5.82 Å². The van der Waals surface area contributed by atoms with Crippen LogP contribution >= 0.6 is 0 Å². The van der Waals surface area contributed by atoms with Crippen LogP contribution in [0.3, 0.4) is 0 Å². The maximum atomic E-state index is 13.3. The van der Waals surface area contributed by atoms with Gasteiger partial charge in [0, 0.05) is 12.0 Å². The molecule has 106 valence electrons. The highest BCUT2D eigenvalue weighted by atomic mass is 19.4. The summed E-state index contributed by atoms with van der Waals surface area (Å²) in [6, 6.07) is 3.14. The lowest BCUT2D eigenvalue weighted by Crippen LogP contribution is -2.53. The Morgan fingerprint density at radius 3 is 2.53 bits per heavy atom. The molecule has 0 saturated carbocycles. The maximum absolute atomic E-state index is 13.3. The minimum absolute atomic E-state index is 0.00322. The van der Waals surface area contributed by atoms with Gasteiger partial charge in [-0.3, -0.25) is 0 Å². The Hall–Kier alpha value is -1.30. The van der Waals surface area contributed by atoms with Crippen molar-refractivity contribution in [2.45, 2.75) is 31.5 Å². The third-order valence-corrected chi connectivity index (χ3v) is 3.10. The van der Waals surface area contributed by atoms with E-state index in [0.717, 1.165) is 12.1 Å². The monoisotopic (exact) mass is 278 g/mol. The van der Waals surface area contributed by atoms with Crippen LogP contribution in [0.4, 0.5) is 17.6 Å². The summed E-state index contributed by atoms with van der Waals surface area (Å²) in [5.74, 6) is -0.710. The predicted octanol–water partition coefficient (Wildman–Crippen LogP) is 3.79. The number of alkyl halides is 3. The van der Waals surface area contributed by atoms with Gasteiger partial charge >= 0.3 is 6.18 Å². The van der Waals surface area contributed by atoms with Crippen LogP contribution in [0.25, 0.3) is 0 Å². The highest BCUT2D eigenvalue weighted by molar-refractivity contribution is 5.41. The normalized spacial score (nSPS) is 23.0. The average Bonchev–Trinajstić information content (AvgIpc) is 2.24. The minimum Gasteiger partial charge on any atom is -0.493 e. The second-order valence-corrected chi connectivity index (χ2v) is 4.41. The molecule has 1 fully saturated rings. The summed E-state index contributed by atoms with van der Waals surface area (Å²) >= 11 is 0. The molecule has 0 spiro atoms. The van der Waals surface area contributed by atoms with Crippen molar-refractivity contribution in [3.05, 3.63) is 29.6 Å². The Kier molecular flexibility index (Phi) is 3.71. The van der Waals surface area contributed by atoms with Gasteiger partial charge < -0.3 is 9.47 Å². The van der Waals surface area contributed by atoms with E-state index < -0.39 is 17.6 Å². The SMILES string of the molecule is CCCOc1ccc(F)cc1C1(C(F)(F)F)CCO1. The van der Waals surface area contributed by atoms with Crippen LogP contribution in [0.1, 0.15) is 25.3 Å². The fraction of sp³-hybridized carbons (Fsp3) is 0.538. The molecule has 6 heteroatoms. The highest BCUT2D eigenvalue weighted by Gasteiger charge is 2.62. The standard InChI is InChI=1S/C13H14F4O2/c1-2-6-18-11-4-3-9(14)8-10(11)12(5-7-19-12)13(15,16)17/h3-4,8H,2,5-7H2,1H3. The van der Waals surface area contributed by atoms with Crippen LogP contribution in [0.5, 0.6) is 5.75 Å². The van der Waals surface area contributed by atoms with E-state index in [1.165, 1.54) is 6.07 Å². The Labute approximate surface area is 108 Å². The molecule has 2 nitrogen and oxygen atoms in total. The first-order chi connectivity index (χ1) is 8.90. The molecule has 1 aliphatic rings. The van der Waals surface area contributed by atoms with E-state index in [2.05, 4.69) is 0 Å². The predicted molar refractivity (Wildman–Crippen MR) is 60.5 cm³/mol. The summed E-state index contributed by atoms with van der Waals surface area (Å²) in [4.78, 5) is 0. The topological polar surface area (TPSA) is 18.5 Å². The molecular formula is C13H14F4O2. The molecule has 0 aromatic heterocycles. The lowest BCUT2D eigenvalue weighted by Gasteiger charge is -2.43. The zero-order valence-electron chi connectivity index (χ0n) is 10.4. The number of rotatable bonds is 4. The Morgan fingerprint density at radius 1 is 1.37 bits per heavy atom. The molecule has 0 aliphatic carbocycles. The molecule has 0 bridgehead atoms. The molecule has 0 N–H and O–H groups in total. The molecule has 2 rings (SSSR count). The van der Waals surface area contributed by atoms with Crippen molar-refractivity contribution in [3.63, 3.8) is 0 Å². The van der Waals surface area contributed by atoms with Gasteiger partial charge in [-0.2, -0.15) is 13.2 Å². The average molecular weight is 278 g/mol. The summed E-state index contributed by atoms with van der Waals surface area (Å²) < 4.78 is 62.8. The van der Waals surface area contributed by atoms with Crippen LogP contribution in [-0.4, -0.2) is 19.4 Å². The van der Waals surface area contributed by atoms with Gasteiger partial charge in [0.05, 0.1) is 13.2 Å². The fourth-order valence-corrected chi connectivity index (χ4v) is 2.05. The zero-order valence-corrected chi connectivity index (χ0v) is 10.4. The van der Waals surface area contributed by atoms with Crippen molar-refractivity contribution in [1.29, 1.82) is 0 Å². The Morgan fingerprint density at radius 2 is 2.05 bits per heavy atom. The fourth-order valence-electron chi connectivity index (χ4n) is 2.05. The quantitative estimate of drug-likeness (QED) is 0.780. The summed E-state index contributed by atoms with van der Waals surface area (Å²) in [7, 11) is 0. The van der Waals surface area contributed by atoms with E-state index in [9.17, 15) is 17.6 Å². The molecule has 19 heavy (non-hydrogen) atoms.